The molecule has 0 fully saturated rings. The van der Waals surface area contributed by atoms with Crippen molar-refractivity contribution in [3.63, 3.8) is 0 Å². The van der Waals surface area contributed by atoms with Gasteiger partial charge < -0.3 is 9.88 Å². The van der Waals surface area contributed by atoms with E-state index in [1.165, 1.54) is 11.8 Å². The van der Waals surface area contributed by atoms with E-state index in [2.05, 4.69) is 14.9 Å². The normalized spacial score (nSPS) is 16.7. The second-order valence-corrected chi connectivity index (χ2v) is 4.28. The number of aromatic amines is 1. The molecule has 0 aromatic carbocycles. The van der Waals surface area contributed by atoms with Crippen molar-refractivity contribution in [2.75, 3.05) is 19.8 Å². The first-order chi connectivity index (χ1) is 6.70. The van der Waals surface area contributed by atoms with E-state index in [4.69, 9.17) is 0 Å². The number of thioether (sulfide) groups is 1. The van der Waals surface area contributed by atoms with E-state index in [1.807, 2.05) is 13.3 Å². The zero-order valence-electron chi connectivity index (χ0n) is 8.33. The largest absolute Gasteiger partial charge is 0.301 e. The standard InChI is InChI=1S/C9H13N3OS/c1-12-4-3-7-6(5-12)8(13)11-9(10-7)14-2/h3-5H2,1-2H3,(H,10,11,13). The van der Waals surface area contributed by atoms with Crippen LogP contribution < -0.4 is 5.56 Å². The maximum Gasteiger partial charge on any atom is 0.256 e. The number of nitrogens with zero attached hydrogens (tertiary/aromatic N) is 2. The number of H-pyrrole nitrogens is 1. The van der Waals surface area contributed by atoms with Gasteiger partial charge in [-0.25, -0.2) is 4.98 Å². The van der Waals surface area contributed by atoms with E-state index in [-0.39, 0.29) is 5.56 Å². The second kappa shape index (κ2) is 3.74. The summed E-state index contributed by atoms with van der Waals surface area (Å²) in [4.78, 5) is 21.0. The fourth-order valence-electron chi connectivity index (χ4n) is 1.63. The Balaban J connectivity index is 2.48. The van der Waals surface area contributed by atoms with Crippen LogP contribution in [0.4, 0.5) is 0 Å². The van der Waals surface area contributed by atoms with Crippen molar-refractivity contribution < 1.29 is 0 Å². The van der Waals surface area contributed by atoms with Crippen molar-refractivity contribution >= 4 is 11.8 Å². The highest BCUT2D eigenvalue weighted by molar-refractivity contribution is 7.98. The molecule has 14 heavy (non-hydrogen) atoms. The molecule has 76 valence electrons. The number of hydrogen-bond donors (Lipinski definition) is 1. The van der Waals surface area contributed by atoms with Gasteiger partial charge in [-0.1, -0.05) is 11.8 Å². The molecule has 1 aliphatic heterocycles. The van der Waals surface area contributed by atoms with Crippen LogP contribution in [-0.2, 0) is 13.0 Å². The lowest BCUT2D eigenvalue weighted by Crippen LogP contribution is -2.33. The van der Waals surface area contributed by atoms with Crippen LogP contribution in [0.3, 0.4) is 0 Å². The number of fused-ring (bicyclic) bond motifs is 1. The highest BCUT2D eigenvalue weighted by Gasteiger charge is 2.18. The van der Waals surface area contributed by atoms with Gasteiger partial charge in [0.2, 0.25) is 0 Å². The Morgan fingerprint density at radius 3 is 3.07 bits per heavy atom. The first-order valence-corrected chi connectivity index (χ1v) is 5.78. The minimum absolute atomic E-state index is 0.0194. The van der Waals surface area contributed by atoms with Gasteiger partial charge in [-0.05, 0) is 13.3 Å². The first-order valence-electron chi connectivity index (χ1n) is 4.55. The maximum atomic E-state index is 11.7. The topological polar surface area (TPSA) is 49.0 Å². The van der Waals surface area contributed by atoms with Gasteiger partial charge in [0.05, 0.1) is 11.3 Å². The molecule has 0 saturated carbocycles. The Kier molecular flexibility index (Phi) is 2.60. The Morgan fingerprint density at radius 2 is 2.36 bits per heavy atom. The highest BCUT2D eigenvalue weighted by Crippen LogP contribution is 2.14. The lowest BCUT2D eigenvalue weighted by atomic mass is 10.1. The number of aromatic nitrogens is 2. The summed E-state index contributed by atoms with van der Waals surface area (Å²) in [5.74, 6) is 0. The molecule has 0 bridgehead atoms. The molecule has 2 rings (SSSR count). The number of rotatable bonds is 1. The van der Waals surface area contributed by atoms with Gasteiger partial charge in [0.15, 0.2) is 5.16 Å². The maximum absolute atomic E-state index is 11.7. The van der Waals surface area contributed by atoms with Crippen molar-refractivity contribution in [2.24, 2.45) is 0 Å². The quantitative estimate of drug-likeness (QED) is 0.542. The van der Waals surface area contributed by atoms with Crippen LogP contribution in [0.2, 0.25) is 0 Å². The molecule has 1 N–H and O–H groups in total. The number of likely N-dealkylation sites (N-methyl/N-ethyl adjacent to an activating group) is 1. The van der Waals surface area contributed by atoms with E-state index in [0.29, 0.717) is 6.54 Å². The van der Waals surface area contributed by atoms with E-state index in [0.717, 1.165) is 29.4 Å². The van der Waals surface area contributed by atoms with Crippen molar-refractivity contribution in [1.82, 2.24) is 14.9 Å². The lowest BCUT2D eigenvalue weighted by molar-refractivity contribution is 0.306. The summed E-state index contributed by atoms with van der Waals surface area (Å²) in [7, 11) is 2.02. The predicted molar refractivity (Wildman–Crippen MR) is 56.7 cm³/mol. The van der Waals surface area contributed by atoms with Crippen LogP contribution in [0, 0.1) is 0 Å². The van der Waals surface area contributed by atoms with E-state index < -0.39 is 0 Å². The third kappa shape index (κ3) is 1.69. The minimum Gasteiger partial charge on any atom is -0.301 e. The number of nitrogens with one attached hydrogen (secondary N) is 1. The Hall–Kier alpha value is -0.810. The number of hydrogen-bond acceptors (Lipinski definition) is 4. The van der Waals surface area contributed by atoms with Gasteiger partial charge >= 0.3 is 0 Å². The average molecular weight is 211 g/mol. The highest BCUT2D eigenvalue weighted by atomic mass is 32.2. The molecule has 4 nitrogen and oxygen atoms in total. The summed E-state index contributed by atoms with van der Waals surface area (Å²) < 4.78 is 0. The SMILES string of the molecule is CSc1nc2c(c(=O)[nH]1)CN(C)CC2. The Bertz CT molecular complexity index is 402. The monoisotopic (exact) mass is 211 g/mol. The van der Waals surface area contributed by atoms with Crippen molar-refractivity contribution in [3.05, 3.63) is 21.6 Å². The third-order valence-corrected chi connectivity index (χ3v) is 3.01. The summed E-state index contributed by atoms with van der Waals surface area (Å²) in [6, 6.07) is 0. The molecule has 1 aromatic rings. The second-order valence-electron chi connectivity index (χ2n) is 3.49. The summed E-state index contributed by atoms with van der Waals surface area (Å²) in [5.41, 5.74) is 1.82. The zero-order chi connectivity index (χ0) is 10.1. The molecule has 0 aliphatic carbocycles. The molecular formula is C9H13N3OS. The molecular weight excluding hydrogens is 198 g/mol. The fourth-order valence-corrected chi connectivity index (χ4v) is 2.03. The van der Waals surface area contributed by atoms with Gasteiger partial charge in [-0.3, -0.25) is 4.79 Å². The Morgan fingerprint density at radius 1 is 1.57 bits per heavy atom. The van der Waals surface area contributed by atoms with E-state index >= 15 is 0 Å². The smallest absolute Gasteiger partial charge is 0.256 e. The van der Waals surface area contributed by atoms with Crippen LogP contribution in [-0.4, -0.2) is 34.7 Å². The molecule has 0 unspecified atom stereocenters. The van der Waals surface area contributed by atoms with E-state index in [9.17, 15) is 4.79 Å². The minimum atomic E-state index is 0.0194. The van der Waals surface area contributed by atoms with Crippen molar-refractivity contribution in [3.8, 4) is 0 Å². The van der Waals surface area contributed by atoms with Crippen LogP contribution >= 0.6 is 11.8 Å². The summed E-state index contributed by atoms with van der Waals surface area (Å²) in [5, 5.41) is 0.721. The van der Waals surface area contributed by atoms with Gasteiger partial charge in [-0.15, -0.1) is 0 Å². The van der Waals surface area contributed by atoms with Crippen LogP contribution in [0.1, 0.15) is 11.3 Å². The van der Waals surface area contributed by atoms with Gasteiger partial charge in [0.1, 0.15) is 0 Å². The molecule has 0 radical (unpaired) electrons. The lowest BCUT2D eigenvalue weighted by Gasteiger charge is -2.23. The molecule has 1 aromatic heterocycles. The molecule has 1 aliphatic rings. The molecule has 2 heterocycles. The van der Waals surface area contributed by atoms with Crippen molar-refractivity contribution in [1.29, 1.82) is 0 Å². The fraction of sp³-hybridized carbons (Fsp3) is 0.556. The van der Waals surface area contributed by atoms with Crippen LogP contribution in [0.5, 0.6) is 0 Å². The van der Waals surface area contributed by atoms with Gasteiger partial charge in [-0.2, -0.15) is 0 Å². The van der Waals surface area contributed by atoms with Crippen LogP contribution in [0.25, 0.3) is 0 Å². The van der Waals surface area contributed by atoms with E-state index in [1.54, 1.807) is 0 Å². The van der Waals surface area contributed by atoms with Gasteiger partial charge in [0.25, 0.3) is 5.56 Å². The van der Waals surface area contributed by atoms with Gasteiger partial charge in [0, 0.05) is 19.5 Å². The predicted octanol–water partition coefficient (Wildman–Crippen LogP) is 0.480. The Labute approximate surface area is 86.7 Å². The van der Waals surface area contributed by atoms with Crippen LogP contribution in [0.15, 0.2) is 9.95 Å². The van der Waals surface area contributed by atoms with Crippen molar-refractivity contribution in [2.45, 2.75) is 18.1 Å². The third-order valence-electron chi connectivity index (χ3n) is 2.43. The molecule has 5 heteroatoms. The summed E-state index contributed by atoms with van der Waals surface area (Å²) >= 11 is 1.48. The summed E-state index contributed by atoms with van der Waals surface area (Å²) in [6.45, 7) is 1.70. The first kappa shape index (κ1) is 9.73. The summed E-state index contributed by atoms with van der Waals surface area (Å²) in [6.07, 6.45) is 2.79. The molecule has 0 atom stereocenters. The molecule has 0 amide bonds. The molecule has 0 saturated heterocycles. The zero-order valence-corrected chi connectivity index (χ0v) is 9.15. The average Bonchev–Trinajstić information content (AvgIpc) is 2.19. The molecule has 0 spiro atoms.